The first-order valence-corrected chi connectivity index (χ1v) is 4.09. The largest absolute Gasteiger partial charge is 0.318 e. The summed E-state index contributed by atoms with van der Waals surface area (Å²) in [5, 5.41) is 9.75. The van der Waals surface area contributed by atoms with Gasteiger partial charge in [0.2, 0.25) is 0 Å². The van der Waals surface area contributed by atoms with E-state index in [1.54, 1.807) is 18.3 Å². The van der Waals surface area contributed by atoms with Crippen LogP contribution in [0.2, 0.25) is 0 Å². The molecule has 0 unspecified atom stereocenters. The van der Waals surface area contributed by atoms with Crippen LogP contribution >= 0.6 is 0 Å². The van der Waals surface area contributed by atoms with Crippen LogP contribution in [0, 0.1) is 0 Å². The molecule has 2 aromatic rings. The van der Waals surface area contributed by atoms with Crippen molar-refractivity contribution in [3.8, 4) is 0 Å². The second kappa shape index (κ2) is 2.20. The molecule has 5 nitrogen and oxygen atoms in total. The Bertz CT molecular complexity index is 570. The zero-order valence-electron chi connectivity index (χ0n) is 7.00. The first-order chi connectivity index (χ1) is 6.77. The van der Waals surface area contributed by atoms with Crippen molar-refractivity contribution in [2.75, 3.05) is 5.32 Å². The third-order valence-corrected chi connectivity index (χ3v) is 2.31. The Morgan fingerprint density at radius 3 is 2.93 bits per heavy atom. The topological polar surface area (TPSA) is 74.8 Å². The van der Waals surface area contributed by atoms with E-state index < -0.39 is 11.7 Å². The molecule has 68 valence electrons. The number of aromatic amines is 1. The Hall–Kier alpha value is -2.17. The lowest BCUT2D eigenvalue weighted by Crippen LogP contribution is -2.12. The number of nitrogens with zero attached hydrogens (tertiary/aromatic N) is 1. The third-order valence-electron chi connectivity index (χ3n) is 2.31. The number of hydrogen-bond acceptors (Lipinski definition) is 3. The van der Waals surface area contributed by atoms with Crippen LogP contribution in [0.25, 0.3) is 10.9 Å². The zero-order chi connectivity index (χ0) is 9.71. The molecular weight excluding hydrogens is 182 g/mol. The lowest BCUT2D eigenvalue weighted by atomic mass is 10.1. The predicted octanol–water partition coefficient (Wildman–Crippen LogP) is 0.698. The highest BCUT2D eigenvalue weighted by Gasteiger charge is 2.30. The van der Waals surface area contributed by atoms with Gasteiger partial charge >= 0.3 is 0 Å². The van der Waals surface area contributed by atoms with Crippen molar-refractivity contribution < 1.29 is 9.59 Å². The van der Waals surface area contributed by atoms with Gasteiger partial charge in [0.15, 0.2) is 0 Å². The van der Waals surface area contributed by atoms with Crippen LogP contribution in [-0.2, 0) is 4.79 Å². The second-order valence-corrected chi connectivity index (χ2v) is 3.10. The number of aromatic nitrogens is 2. The standard InChI is InChI=1S/C9H5N3O2/c13-8-7-4-3-10-12-5(4)1-2-6(7)11-9(8)14/h1-3H,(H,10,12)(H,11,13,14). The van der Waals surface area contributed by atoms with Gasteiger partial charge in [-0.05, 0) is 12.1 Å². The highest BCUT2D eigenvalue weighted by atomic mass is 16.2. The number of Topliss-reactive ketones (excluding diaryl/α,β-unsaturated/α-hetero) is 1. The molecule has 1 amide bonds. The van der Waals surface area contributed by atoms with Gasteiger partial charge in [-0.15, -0.1) is 0 Å². The van der Waals surface area contributed by atoms with Gasteiger partial charge in [0, 0.05) is 5.39 Å². The van der Waals surface area contributed by atoms with E-state index in [1.165, 1.54) is 0 Å². The van der Waals surface area contributed by atoms with Gasteiger partial charge in [-0.25, -0.2) is 0 Å². The Balaban J connectivity index is 2.46. The normalized spacial score (nSPS) is 14.6. The number of H-pyrrole nitrogens is 1. The summed E-state index contributed by atoms with van der Waals surface area (Å²) in [6, 6.07) is 3.47. The lowest BCUT2D eigenvalue weighted by molar-refractivity contribution is -0.112. The molecule has 2 heterocycles. The number of benzene rings is 1. The summed E-state index contributed by atoms with van der Waals surface area (Å²) in [5.74, 6) is -1.07. The molecular formula is C9H5N3O2. The summed E-state index contributed by atoms with van der Waals surface area (Å²) in [6.45, 7) is 0. The molecule has 0 saturated carbocycles. The highest BCUT2D eigenvalue weighted by Crippen LogP contribution is 2.29. The molecule has 0 spiro atoms. The lowest BCUT2D eigenvalue weighted by Gasteiger charge is -1.95. The summed E-state index contributed by atoms with van der Waals surface area (Å²) in [7, 11) is 0. The minimum Gasteiger partial charge on any atom is -0.318 e. The number of rotatable bonds is 0. The maximum absolute atomic E-state index is 11.5. The van der Waals surface area contributed by atoms with Crippen LogP contribution in [0.5, 0.6) is 0 Å². The van der Waals surface area contributed by atoms with E-state index in [0.29, 0.717) is 16.6 Å². The summed E-state index contributed by atoms with van der Waals surface area (Å²) in [5.41, 5.74) is 1.74. The van der Waals surface area contributed by atoms with Crippen molar-refractivity contribution in [1.29, 1.82) is 0 Å². The highest BCUT2D eigenvalue weighted by molar-refractivity contribution is 6.53. The molecule has 0 bridgehead atoms. The van der Waals surface area contributed by atoms with Gasteiger partial charge in [0.25, 0.3) is 11.7 Å². The van der Waals surface area contributed by atoms with Crippen molar-refractivity contribution in [2.24, 2.45) is 0 Å². The van der Waals surface area contributed by atoms with Crippen LogP contribution in [-0.4, -0.2) is 21.9 Å². The number of fused-ring (bicyclic) bond motifs is 3. The minimum absolute atomic E-state index is 0.418. The van der Waals surface area contributed by atoms with Crippen molar-refractivity contribution >= 4 is 28.3 Å². The molecule has 1 aromatic heterocycles. The maximum Gasteiger partial charge on any atom is 0.296 e. The van der Waals surface area contributed by atoms with Crippen LogP contribution in [0.4, 0.5) is 5.69 Å². The predicted molar refractivity (Wildman–Crippen MR) is 49.1 cm³/mol. The number of carbonyl (C=O) groups excluding carboxylic acids is 2. The van der Waals surface area contributed by atoms with E-state index in [4.69, 9.17) is 0 Å². The molecule has 14 heavy (non-hydrogen) atoms. The monoisotopic (exact) mass is 187 g/mol. The van der Waals surface area contributed by atoms with Gasteiger partial charge in [-0.1, -0.05) is 0 Å². The zero-order valence-corrected chi connectivity index (χ0v) is 7.00. The summed E-state index contributed by atoms with van der Waals surface area (Å²) in [6.07, 6.45) is 1.55. The Labute approximate surface area is 78.1 Å². The first-order valence-electron chi connectivity index (χ1n) is 4.09. The first kappa shape index (κ1) is 7.25. The van der Waals surface area contributed by atoms with Gasteiger partial charge in [0.05, 0.1) is 23.0 Å². The minimum atomic E-state index is -0.575. The van der Waals surface area contributed by atoms with Crippen LogP contribution in [0.15, 0.2) is 18.3 Å². The molecule has 0 aliphatic carbocycles. The number of anilines is 1. The SMILES string of the molecule is O=C1Nc2ccc3[nH]ncc3c2C1=O. The van der Waals surface area contributed by atoms with Crippen molar-refractivity contribution in [2.45, 2.75) is 0 Å². The van der Waals surface area contributed by atoms with E-state index in [9.17, 15) is 9.59 Å². The fourth-order valence-corrected chi connectivity index (χ4v) is 1.66. The van der Waals surface area contributed by atoms with E-state index >= 15 is 0 Å². The van der Waals surface area contributed by atoms with Gasteiger partial charge in [-0.2, -0.15) is 5.10 Å². The van der Waals surface area contributed by atoms with Crippen molar-refractivity contribution in [3.63, 3.8) is 0 Å². The van der Waals surface area contributed by atoms with Crippen molar-refractivity contribution in [1.82, 2.24) is 10.2 Å². The Kier molecular flexibility index (Phi) is 1.14. The van der Waals surface area contributed by atoms with Gasteiger partial charge in [0.1, 0.15) is 0 Å². The molecule has 0 saturated heterocycles. The fraction of sp³-hybridized carbons (Fsp3) is 0. The quantitative estimate of drug-likeness (QED) is 0.596. The molecule has 1 aliphatic rings. The summed E-state index contributed by atoms with van der Waals surface area (Å²) in [4.78, 5) is 22.6. The third kappa shape index (κ3) is 0.711. The molecule has 0 radical (unpaired) electrons. The van der Waals surface area contributed by atoms with E-state index in [0.717, 1.165) is 5.52 Å². The Morgan fingerprint density at radius 1 is 1.21 bits per heavy atom. The number of nitrogens with one attached hydrogen (secondary N) is 2. The van der Waals surface area contributed by atoms with Crippen LogP contribution in [0.3, 0.4) is 0 Å². The number of amides is 1. The molecule has 1 aromatic carbocycles. The fourth-order valence-electron chi connectivity index (χ4n) is 1.66. The number of carbonyl (C=O) groups is 2. The summed E-state index contributed by atoms with van der Waals surface area (Å²) < 4.78 is 0. The smallest absolute Gasteiger partial charge is 0.296 e. The molecule has 1 aliphatic heterocycles. The van der Waals surface area contributed by atoms with E-state index in [-0.39, 0.29) is 0 Å². The van der Waals surface area contributed by atoms with Crippen LogP contribution in [0.1, 0.15) is 10.4 Å². The molecule has 2 N–H and O–H groups in total. The molecule has 3 rings (SSSR count). The van der Waals surface area contributed by atoms with E-state index in [1.807, 2.05) is 0 Å². The molecule has 0 atom stereocenters. The Morgan fingerprint density at radius 2 is 2.07 bits per heavy atom. The average Bonchev–Trinajstić information content (AvgIpc) is 2.72. The van der Waals surface area contributed by atoms with Gasteiger partial charge in [-0.3, -0.25) is 14.7 Å². The van der Waals surface area contributed by atoms with Gasteiger partial charge < -0.3 is 5.32 Å². The number of hydrogen-bond donors (Lipinski definition) is 2. The van der Waals surface area contributed by atoms with Crippen molar-refractivity contribution in [3.05, 3.63) is 23.9 Å². The molecule has 5 heteroatoms. The second-order valence-electron chi connectivity index (χ2n) is 3.10. The number of ketones is 1. The van der Waals surface area contributed by atoms with E-state index in [2.05, 4.69) is 15.5 Å². The molecule has 0 fully saturated rings. The summed E-state index contributed by atoms with van der Waals surface area (Å²) >= 11 is 0. The maximum atomic E-state index is 11.5. The van der Waals surface area contributed by atoms with Crippen LogP contribution < -0.4 is 5.32 Å². The average molecular weight is 187 g/mol.